The summed E-state index contributed by atoms with van der Waals surface area (Å²) in [5, 5.41) is 17.2. The number of benzene rings is 2. The fourth-order valence-corrected chi connectivity index (χ4v) is 3.73. The number of rotatable bonds is 6. The normalized spacial score (nSPS) is 11.9. The van der Waals surface area contributed by atoms with Crippen molar-refractivity contribution in [3.63, 3.8) is 0 Å². The van der Waals surface area contributed by atoms with Crippen LogP contribution >= 0.6 is 11.3 Å². The standard InChI is InChI=1S/C20H18N6OS/c1-14-12-28-20(23-14)17-9-5-6-15(10-17)11-21-19(27)18(26-13-22-24-25-26)16-7-3-2-4-8-16/h2-10,12-13,18H,11H2,1H3,(H,21,27). The maximum Gasteiger partial charge on any atom is 0.249 e. The molecule has 0 saturated carbocycles. The number of carbonyl (C=O) groups is 1. The Labute approximate surface area is 166 Å². The molecule has 0 bridgehead atoms. The number of aromatic nitrogens is 5. The topological polar surface area (TPSA) is 85.6 Å². The highest BCUT2D eigenvalue weighted by molar-refractivity contribution is 7.13. The number of hydrogen-bond donors (Lipinski definition) is 1. The van der Waals surface area contributed by atoms with E-state index in [1.807, 2.05) is 66.9 Å². The number of nitrogens with zero attached hydrogens (tertiary/aromatic N) is 5. The molecule has 0 spiro atoms. The third-order valence-corrected chi connectivity index (χ3v) is 5.26. The number of nitrogens with one attached hydrogen (secondary N) is 1. The minimum Gasteiger partial charge on any atom is -0.350 e. The van der Waals surface area contributed by atoms with Gasteiger partial charge < -0.3 is 5.32 Å². The summed E-state index contributed by atoms with van der Waals surface area (Å²) < 4.78 is 1.46. The second kappa shape index (κ2) is 8.10. The number of aryl methyl sites for hydroxylation is 1. The van der Waals surface area contributed by atoms with Crippen LogP contribution in [0.25, 0.3) is 10.6 Å². The molecule has 0 aliphatic rings. The van der Waals surface area contributed by atoms with Crippen LogP contribution in [0.15, 0.2) is 66.3 Å². The maximum absolute atomic E-state index is 12.9. The summed E-state index contributed by atoms with van der Waals surface area (Å²) in [5.41, 5.74) is 3.87. The van der Waals surface area contributed by atoms with Gasteiger partial charge in [0.05, 0.1) is 0 Å². The fourth-order valence-electron chi connectivity index (χ4n) is 2.93. The monoisotopic (exact) mass is 390 g/mol. The van der Waals surface area contributed by atoms with Crippen molar-refractivity contribution in [1.82, 2.24) is 30.5 Å². The Bertz CT molecular complexity index is 1060. The van der Waals surface area contributed by atoms with Crippen molar-refractivity contribution in [3.05, 3.63) is 83.1 Å². The third kappa shape index (κ3) is 3.96. The molecular weight excluding hydrogens is 372 g/mol. The van der Waals surface area contributed by atoms with E-state index in [4.69, 9.17) is 0 Å². The Hall–Kier alpha value is -3.39. The second-order valence-corrected chi connectivity index (χ2v) is 7.17. The maximum atomic E-state index is 12.9. The van der Waals surface area contributed by atoms with Gasteiger partial charge in [0.2, 0.25) is 5.91 Å². The van der Waals surface area contributed by atoms with E-state index in [1.165, 1.54) is 11.0 Å². The van der Waals surface area contributed by atoms with Gasteiger partial charge in [0.1, 0.15) is 11.3 Å². The zero-order chi connectivity index (χ0) is 19.3. The summed E-state index contributed by atoms with van der Waals surface area (Å²) in [5.74, 6) is -0.172. The number of hydrogen-bond acceptors (Lipinski definition) is 6. The Morgan fingerprint density at radius 2 is 2.04 bits per heavy atom. The van der Waals surface area contributed by atoms with Crippen LogP contribution < -0.4 is 5.32 Å². The van der Waals surface area contributed by atoms with Gasteiger partial charge in [-0.25, -0.2) is 9.67 Å². The average molecular weight is 390 g/mol. The van der Waals surface area contributed by atoms with Crippen LogP contribution in [0.4, 0.5) is 0 Å². The highest BCUT2D eigenvalue weighted by Gasteiger charge is 2.23. The van der Waals surface area contributed by atoms with Crippen molar-refractivity contribution < 1.29 is 4.79 Å². The number of thiazole rings is 1. The van der Waals surface area contributed by atoms with Gasteiger partial charge in [-0.2, -0.15) is 0 Å². The summed E-state index contributed by atoms with van der Waals surface area (Å²) in [7, 11) is 0. The highest BCUT2D eigenvalue weighted by atomic mass is 32.1. The lowest BCUT2D eigenvalue weighted by Gasteiger charge is -2.16. The SMILES string of the molecule is Cc1csc(-c2cccc(CNC(=O)C(c3ccccc3)n3cnnn3)c2)n1. The average Bonchev–Trinajstić information content (AvgIpc) is 3.40. The van der Waals surface area contributed by atoms with Gasteiger partial charge in [0, 0.05) is 23.2 Å². The van der Waals surface area contributed by atoms with Crippen LogP contribution in [0.5, 0.6) is 0 Å². The molecule has 1 amide bonds. The smallest absolute Gasteiger partial charge is 0.249 e. The summed E-state index contributed by atoms with van der Waals surface area (Å²) in [4.78, 5) is 17.5. The van der Waals surface area contributed by atoms with E-state index in [-0.39, 0.29) is 5.91 Å². The Kier molecular flexibility index (Phi) is 5.20. The van der Waals surface area contributed by atoms with Gasteiger partial charge >= 0.3 is 0 Å². The van der Waals surface area contributed by atoms with E-state index in [1.54, 1.807) is 11.3 Å². The Morgan fingerprint density at radius 3 is 2.75 bits per heavy atom. The predicted octanol–water partition coefficient (Wildman–Crippen LogP) is 3.01. The minimum atomic E-state index is -0.624. The van der Waals surface area contributed by atoms with Crippen molar-refractivity contribution in [2.75, 3.05) is 0 Å². The Balaban J connectivity index is 1.51. The van der Waals surface area contributed by atoms with E-state index in [9.17, 15) is 4.79 Å². The number of tetrazole rings is 1. The van der Waals surface area contributed by atoms with E-state index in [0.717, 1.165) is 27.4 Å². The lowest BCUT2D eigenvalue weighted by atomic mass is 10.1. The molecule has 0 aliphatic heterocycles. The van der Waals surface area contributed by atoms with Gasteiger partial charge in [-0.15, -0.1) is 16.4 Å². The fraction of sp³-hybridized carbons (Fsp3) is 0.150. The molecule has 8 heteroatoms. The molecule has 140 valence electrons. The molecule has 2 heterocycles. The molecule has 2 aromatic heterocycles. The number of amides is 1. The van der Waals surface area contributed by atoms with Crippen LogP contribution in [0.1, 0.15) is 22.9 Å². The van der Waals surface area contributed by atoms with Gasteiger partial charge in [-0.05, 0) is 34.5 Å². The summed E-state index contributed by atoms with van der Waals surface area (Å²) >= 11 is 1.61. The summed E-state index contributed by atoms with van der Waals surface area (Å²) in [6.07, 6.45) is 1.45. The van der Waals surface area contributed by atoms with E-state index >= 15 is 0 Å². The molecule has 1 unspecified atom stereocenters. The Morgan fingerprint density at radius 1 is 1.18 bits per heavy atom. The van der Waals surface area contributed by atoms with Crippen LogP contribution in [0.2, 0.25) is 0 Å². The first-order chi connectivity index (χ1) is 13.7. The molecule has 4 rings (SSSR count). The van der Waals surface area contributed by atoms with Crippen LogP contribution in [0.3, 0.4) is 0 Å². The first kappa shape index (κ1) is 18.0. The predicted molar refractivity (Wildman–Crippen MR) is 107 cm³/mol. The minimum absolute atomic E-state index is 0.172. The van der Waals surface area contributed by atoms with Gasteiger partial charge in [0.15, 0.2) is 6.04 Å². The van der Waals surface area contributed by atoms with E-state index in [2.05, 4.69) is 25.8 Å². The zero-order valence-electron chi connectivity index (χ0n) is 15.2. The van der Waals surface area contributed by atoms with E-state index in [0.29, 0.717) is 6.54 Å². The van der Waals surface area contributed by atoms with Crippen LogP contribution in [0, 0.1) is 6.92 Å². The molecular formula is C20H18N6OS. The number of carbonyl (C=O) groups excluding carboxylic acids is 1. The van der Waals surface area contributed by atoms with E-state index < -0.39 is 6.04 Å². The molecule has 0 fully saturated rings. The molecule has 1 atom stereocenters. The summed E-state index contributed by atoms with van der Waals surface area (Å²) in [6.45, 7) is 2.38. The lowest BCUT2D eigenvalue weighted by molar-refractivity contribution is -0.123. The molecule has 2 aromatic carbocycles. The highest BCUT2D eigenvalue weighted by Crippen LogP contribution is 2.24. The molecule has 0 saturated heterocycles. The molecule has 0 radical (unpaired) electrons. The lowest BCUT2D eigenvalue weighted by Crippen LogP contribution is -2.33. The molecule has 7 nitrogen and oxygen atoms in total. The zero-order valence-corrected chi connectivity index (χ0v) is 16.0. The molecule has 1 N–H and O–H groups in total. The van der Waals surface area contributed by atoms with Gasteiger partial charge in [-0.3, -0.25) is 4.79 Å². The quantitative estimate of drug-likeness (QED) is 0.547. The van der Waals surface area contributed by atoms with Crippen LogP contribution in [-0.2, 0) is 11.3 Å². The van der Waals surface area contributed by atoms with Crippen molar-refractivity contribution >= 4 is 17.2 Å². The summed E-state index contributed by atoms with van der Waals surface area (Å²) in [6, 6.07) is 16.9. The molecule has 28 heavy (non-hydrogen) atoms. The third-order valence-electron chi connectivity index (χ3n) is 4.25. The largest absolute Gasteiger partial charge is 0.350 e. The second-order valence-electron chi connectivity index (χ2n) is 6.32. The van der Waals surface area contributed by atoms with Crippen LogP contribution in [-0.4, -0.2) is 31.1 Å². The van der Waals surface area contributed by atoms with Gasteiger partial charge in [0.25, 0.3) is 0 Å². The van der Waals surface area contributed by atoms with Crippen molar-refractivity contribution in [3.8, 4) is 10.6 Å². The van der Waals surface area contributed by atoms with Crippen molar-refractivity contribution in [2.24, 2.45) is 0 Å². The van der Waals surface area contributed by atoms with Crippen molar-refractivity contribution in [2.45, 2.75) is 19.5 Å². The van der Waals surface area contributed by atoms with Gasteiger partial charge in [-0.1, -0.05) is 48.5 Å². The van der Waals surface area contributed by atoms with Crippen molar-refractivity contribution in [1.29, 1.82) is 0 Å². The first-order valence-corrected chi connectivity index (χ1v) is 9.65. The first-order valence-electron chi connectivity index (χ1n) is 8.77. The molecule has 4 aromatic rings. The molecule has 0 aliphatic carbocycles.